The summed E-state index contributed by atoms with van der Waals surface area (Å²) >= 11 is 0. The van der Waals surface area contributed by atoms with E-state index in [1.807, 2.05) is 0 Å². The zero-order valence-corrected chi connectivity index (χ0v) is 18.3. The molecule has 0 radical (unpaired) electrons. The highest BCUT2D eigenvalue weighted by Crippen LogP contribution is 2.35. The number of carbonyl (C=O) groups is 3. The second kappa shape index (κ2) is 11.2. The number of ether oxygens (including phenoxy) is 1. The maximum atomic E-state index is 12.8. The second-order valence-electron chi connectivity index (χ2n) is 8.71. The molecule has 0 bridgehead atoms. The van der Waals surface area contributed by atoms with Gasteiger partial charge in [0, 0.05) is 31.8 Å². The van der Waals surface area contributed by atoms with Gasteiger partial charge in [-0.05, 0) is 55.7 Å². The molecule has 2 aliphatic rings. The van der Waals surface area contributed by atoms with E-state index < -0.39 is 12.0 Å². The first kappa shape index (κ1) is 23.1. The molecule has 2 amide bonds. The Bertz CT molecular complexity index is 762. The van der Waals surface area contributed by atoms with E-state index in [1.54, 1.807) is 12.1 Å². The van der Waals surface area contributed by atoms with Crippen LogP contribution in [0.3, 0.4) is 0 Å². The summed E-state index contributed by atoms with van der Waals surface area (Å²) in [4.78, 5) is 39.4. The molecule has 170 valence electrons. The Morgan fingerprint density at radius 1 is 1.10 bits per heavy atom. The van der Waals surface area contributed by atoms with Gasteiger partial charge in [0.25, 0.3) is 0 Å². The normalized spacial score (nSPS) is 21.6. The summed E-state index contributed by atoms with van der Waals surface area (Å²) in [5.74, 6) is 0.152. The van der Waals surface area contributed by atoms with Crippen molar-refractivity contribution in [2.24, 2.45) is 5.92 Å². The molecule has 2 fully saturated rings. The van der Waals surface area contributed by atoms with E-state index in [0.717, 1.165) is 24.9 Å². The van der Waals surface area contributed by atoms with Crippen LogP contribution in [0.4, 0.5) is 0 Å². The molecular weight excluding hydrogens is 396 g/mol. The molecule has 1 aromatic carbocycles. The van der Waals surface area contributed by atoms with Crippen LogP contribution < -0.4 is 5.32 Å². The van der Waals surface area contributed by atoms with Crippen molar-refractivity contribution in [3.63, 3.8) is 0 Å². The number of amides is 2. The number of nitrogens with one attached hydrogen (secondary N) is 1. The van der Waals surface area contributed by atoms with Gasteiger partial charge in [-0.25, -0.2) is 4.79 Å². The van der Waals surface area contributed by atoms with Crippen molar-refractivity contribution in [2.45, 2.75) is 76.3 Å². The van der Waals surface area contributed by atoms with Crippen molar-refractivity contribution in [1.82, 2.24) is 10.2 Å². The molecule has 2 N–H and O–H groups in total. The maximum absolute atomic E-state index is 12.8. The van der Waals surface area contributed by atoms with Gasteiger partial charge in [0.1, 0.15) is 11.8 Å². The van der Waals surface area contributed by atoms with Gasteiger partial charge in [-0.15, -0.1) is 0 Å². The molecule has 31 heavy (non-hydrogen) atoms. The van der Waals surface area contributed by atoms with Crippen LogP contribution in [0.15, 0.2) is 24.3 Å². The molecule has 3 rings (SSSR count). The van der Waals surface area contributed by atoms with Gasteiger partial charge in [0.05, 0.1) is 7.11 Å². The van der Waals surface area contributed by atoms with Crippen molar-refractivity contribution >= 4 is 17.8 Å². The Hall–Kier alpha value is -2.57. The van der Waals surface area contributed by atoms with Crippen molar-refractivity contribution in [2.75, 3.05) is 13.7 Å². The number of phenols is 1. The summed E-state index contributed by atoms with van der Waals surface area (Å²) in [6.07, 6.45) is 8.40. The highest BCUT2D eigenvalue weighted by atomic mass is 16.5. The fraction of sp³-hybridized carbons (Fsp3) is 0.625. The molecular formula is C24H34N2O5. The van der Waals surface area contributed by atoms with Gasteiger partial charge in [0.2, 0.25) is 11.8 Å². The van der Waals surface area contributed by atoms with Gasteiger partial charge >= 0.3 is 5.97 Å². The minimum Gasteiger partial charge on any atom is -0.508 e. The lowest BCUT2D eigenvalue weighted by Crippen LogP contribution is -2.49. The van der Waals surface area contributed by atoms with E-state index in [1.165, 1.54) is 44.9 Å². The number of methoxy groups -OCH3 is 1. The molecule has 3 atom stereocenters. The maximum Gasteiger partial charge on any atom is 0.328 e. The van der Waals surface area contributed by atoms with Crippen LogP contribution in [0.2, 0.25) is 0 Å². The van der Waals surface area contributed by atoms with E-state index in [4.69, 9.17) is 4.74 Å². The van der Waals surface area contributed by atoms with Crippen LogP contribution >= 0.6 is 0 Å². The summed E-state index contributed by atoms with van der Waals surface area (Å²) in [7, 11) is 1.29. The first-order valence-electron chi connectivity index (χ1n) is 11.4. The zero-order chi connectivity index (χ0) is 22.2. The number of esters is 1. The Morgan fingerprint density at radius 3 is 2.55 bits per heavy atom. The smallest absolute Gasteiger partial charge is 0.328 e. The molecule has 1 saturated carbocycles. The number of phenolic OH excluding ortho intramolecular Hbond substituents is 1. The average Bonchev–Trinajstić information content (AvgIpc) is 2.79. The number of aromatic hydroxyl groups is 1. The quantitative estimate of drug-likeness (QED) is 0.618. The number of carbonyl (C=O) groups excluding carboxylic acids is 3. The number of fused-ring (bicyclic) bond motifs is 1. The molecule has 2 unspecified atom stereocenters. The SMILES string of the molecule is COC(=O)[C@H](Cc1ccc(O)cc1)NC(=O)CCCC(=O)N1CCCC2CCCCC21. The highest BCUT2D eigenvalue weighted by Gasteiger charge is 2.35. The van der Waals surface area contributed by atoms with Crippen LogP contribution in [0.1, 0.15) is 63.4 Å². The van der Waals surface area contributed by atoms with Crippen LogP contribution in [-0.4, -0.2) is 53.5 Å². The molecule has 1 heterocycles. The average molecular weight is 431 g/mol. The standard InChI is InChI=1S/C24H34N2O5/c1-31-24(30)20(16-17-11-13-19(27)14-12-17)25-22(28)9-4-10-23(29)26-15-5-7-18-6-2-3-8-21(18)26/h11-14,18,20-21,27H,2-10,15-16H2,1H3,(H,25,28)/t18?,20-,21?/m0/s1. The fourth-order valence-electron chi connectivity index (χ4n) is 4.95. The van der Waals surface area contributed by atoms with Gasteiger partial charge in [-0.3, -0.25) is 9.59 Å². The van der Waals surface area contributed by atoms with Crippen LogP contribution in [-0.2, 0) is 25.5 Å². The summed E-state index contributed by atoms with van der Waals surface area (Å²) in [5.41, 5.74) is 0.802. The number of rotatable bonds is 8. The highest BCUT2D eigenvalue weighted by molar-refractivity contribution is 5.85. The van der Waals surface area contributed by atoms with Gasteiger partial charge in [-0.2, -0.15) is 0 Å². The number of nitrogens with zero attached hydrogens (tertiary/aromatic N) is 1. The van der Waals surface area contributed by atoms with Gasteiger partial charge < -0.3 is 20.1 Å². The van der Waals surface area contributed by atoms with E-state index in [2.05, 4.69) is 10.2 Å². The Labute approximate surface area is 184 Å². The third-order valence-electron chi connectivity index (χ3n) is 6.56. The Morgan fingerprint density at radius 2 is 1.81 bits per heavy atom. The fourth-order valence-corrected chi connectivity index (χ4v) is 4.95. The third-order valence-corrected chi connectivity index (χ3v) is 6.56. The number of benzene rings is 1. The van der Waals surface area contributed by atoms with E-state index in [9.17, 15) is 19.5 Å². The minimum atomic E-state index is -0.803. The summed E-state index contributed by atoms with van der Waals surface area (Å²) in [5, 5.41) is 12.1. The first-order valence-corrected chi connectivity index (χ1v) is 11.4. The van der Waals surface area contributed by atoms with Crippen LogP contribution in [0.5, 0.6) is 5.75 Å². The lowest BCUT2D eigenvalue weighted by molar-refractivity contribution is -0.145. The summed E-state index contributed by atoms with van der Waals surface area (Å²) < 4.78 is 4.82. The number of hydrogen-bond acceptors (Lipinski definition) is 5. The topological polar surface area (TPSA) is 95.9 Å². The Kier molecular flexibility index (Phi) is 8.32. The lowest BCUT2D eigenvalue weighted by atomic mass is 9.78. The van der Waals surface area contributed by atoms with Crippen LogP contribution in [0.25, 0.3) is 0 Å². The van der Waals surface area contributed by atoms with Crippen LogP contribution in [0, 0.1) is 5.92 Å². The second-order valence-corrected chi connectivity index (χ2v) is 8.71. The van der Waals surface area contributed by atoms with Crippen molar-refractivity contribution in [3.8, 4) is 5.75 Å². The lowest BCUT2D eigenvalue weighted by Gasteiger charge is -2.44. The molecule has 7 heteroatoms. The molecule has 1 saturated heterocycles. The van der Waals surface area contributed by atoms with E-state index >= 15 is 0 Å². The largest absolute Gasteiger partial charge is 0.508 e. The monoisotopic (exact) mass is 430 g/mol. The Balaban J connectivity index is 1.46. The summed E-state index contributed by atoms with van der Waals surface area (Å²) in [6.45, 7) is 0.837. The molecule has 1 aromatic rings. The minimum absolute atomic E-state index is 0.139. The molecule has 0 aromatic heterocycles. The number of likely N-dealkylation sites (tertiary alicyclic amines) is 1. The molecule has 0 spiro atoms. The van der Waals surface area contributed by atoms with Crippen molar-refractivity contribution in [3.05, 3.63) is 29.8 Å². The zero-order valence-electron chi connectivity index (χ0n) is 18.3. The third kappa shape index (κ3) is 6.45. The van der Waals surface area contributed by atoms with Gasteiger partial charge in [0.15, 0.2) is 0 Å². The number of piperidine rings is 1. The number of hydrogen-bond donors (Lipinski definition) is 2. The molecule has 1 aliphatic heterocycles. The summed E-state index contributed by atoms with van der Waals surface area (Å²) in [6, 6.07) is 6.06. The molecule has 7 nitrogen and oxygen atoms in total. The predicted molar refractivity (Wildman–Crippen MR) is 116 cm³/mol. The molecule has 1 aliphatic carbocycles. The van der Waals surface area contributed by atoms with Crippen molar-refractivity contribution in [1.29, 1.82) is 0 Å². The van der Waals surface area contributed by atoms with E-state index in [0.29, 0.717) is 24.8 Å². The first-order chi connectivity index (χ1) is 15.0. The van der Waals surface area contributed by atoms with Crippen molar-refractivity contribution < 1.29 is 24.2 Å². The van der Waals surface area contributed by atoms with Gasteiger partial charge in [-0.1, -0.05) is 25.0 Å². The van der Waals surface area contributed by atoms with E-state index in [-0.39, 0.29) is 30.4 Å². The predicted octanol–water partition coefficient (Wildman–Crippen LogP) is 2.94.